The van der Waals surface area contributed by atoms with E-state index in [0.29, 0.717) is 11.1 Å². The lowest BCUT2D eigenvalue weighted by atomic mass is 9.82. The molecule has 41 heavy (non-hydrogen) atoms. The molecule has 1 saturated heterocycles. The Balaban J connectivity index is 1.68. The summed E-state index contributed by atoms with van der Waals surface area (Å²) < 4.78 is 23.0. The zero-order valence-corrected chi connectivity index (χ0v) is 25.1. The largest absolute Gasteiger partial charge is 0.479 e. The van der Waals surface area contributed by atoms with Crippen LogP contribution in [0.2, 0.25) is 0 Å². The number of halogens is 1. The lowest BCUT2D eigenvalue weighted by molar-refractivity contribution is -0.160. The lowest BCUT2D eigenvalue weighted by Gasteiger charge is -2.40. The number of aryl methyl sites for hydroxylation is 2. The van der Waals surface area contributed by atoms with Gasteiger partial charge in [0, 0.05) is 36.0 Å². The minimum absolute atomic E-state index is 0.222. The van der Waals surface area contributed by atoms with Gasteiger partial charge >= 0.3 is 5.97 Å². The molecule has 0 saturated carbocycles. The van der Waals surface area contributed by atoms with Gasteiger partial charge in [-0.25, -0.2) is 14.2 Å². The van der Waals surface area contributed by atoms with Crippen LogP contribution in [0.4, 0.5) is 10.2 Å². The number of hydrogen-bond donors (Lipinski definition) is 1. The number of hydrogen-bond acceptors (Lipinski definition) is 4. The molecule has 1 N–H and O–H groups in total. The summed E-state index contributed by atoms with van der Waals surface area (Å²) in [5, 5.41) is 10.4. The molecule has 0 unspecified atom stereocenters. The van der Waals surface area contributed by atoms with E-state index in [1.807, 2.05) is 81.6 Å². The van der Waals surface area contributed by atoms with Crippen molar-refractivity contribution in [2.45, 2.75) is 73.0 Å². The van der Waals surface area contributed by atoms with E-state index in [4.69, 9.17) is 9.72 Å². The predicted molar refractivity (Wildman–Crippen MR) is 162 cm³/mol. The number of fused-ring (bicyclic) bond motifs is 1. The Morgan fingerprint density at radius 1 is 1.05 bits per heavy atom. The summed E-state index contributed by atoms with van der Waals surface area (Å²) in [7, 11) is 0. The van der Waals surface area contributed by atoms with Gasteiger partial charge in [-0.15, -0.1) is 0 Å². The number of anilines is 1. The zero-order valence-electron chi connectivity index (χ0n) is 25.1. The van der Waals surface area contributed by atoms with Crippen molar-refractivity contribution in [1.82, 2.24) is 9.38 Å². The molecule has 6 nitrogen and oxygen atoms in total. The van der Waals surface area contributed by atoms with Gasteiger partial charge in [0.1, 0.15) is 17.3 Å². The van der Waals surface area contributed by atoms with E-state index in [1.165, 1.54) is 0 Å². The van der Waals surface area contributed by atoms with Crippen molar-refractivity contribution in [2.24, 2.45) is 5.41 Å². The number of pyridine rings is 1. The number of aliphatic carboxylic acids is 1. The highest BCUT2D eigenvalue weighted by molar-refractivity contribution is 5.80. The van der Waals surface area contributed by atoms with Crippen LogP contribution in [0.3, 0.4) is 0 Å². The maximum atomic E-state index is 14.8. The SMILES string of the molecule is Cc1ccc(-c2cccc(-c3cn4c(N5CCC(C)(C)CC5)c([C@H](OC(C)(C)C)C(=O)O)c(C)cc4n3)c2)c(F)c1. The first-order chi connectivity index (χ1) is 19.2. The maximum absolute atomic E-state index is 14.8. The quantitative estimate of drug-likeness (QED) is 0.260. The van der Waals surface area contributed by atoms with E-state index in [9.17, 15) is 14.3 Å². The van der Waals surface area contributed by atoms with Crippen molar-refractivity contribution >= 4 is 17.4 Å². The second-order valence-corrected chi connectivity index (χ2v) is 13.1. The monoisotopic (exact) mass is 557 g/mol. The highest BCUT2D eigenvalue weighted by atomic mass is 19.1. The average Bonchev–Trinajstić information content (AvgIpc) is 3.30. The fourth-order valence-corrected chi connectivity index (χ4v) is 5.64. The molecular weight excluding hydrogens is 517 g/mol. The molecule has 2 aromatic heterocycles. The number of aromatic nitrogens is 2. The van der Waals surface area contributed by atoms with Gasteiger partial charge in [0.2, 0.25) is 0 Å². The Morgan fingerprint density at radius 2 is 1.73 bits per heavy atom. The molecule has 0 bridgehead atoms. The van der Waals surface area contributed by atoms with Crippen molar-refractivity contribution in [1.29, 1.82) is 0 Å². The van der Waals surface area contributed by atoms with Gasteiger partial charge < -0.3 is 14.7 Å². The van der Waals surface area contributed by atoms with Crippen LogP contribution in [-0.2, 0) is 9.53 Å². The molecule has 7 heteroatoms. The molecule has 1 atom stereocenters. The van der Waals surface area contributed by atoms with E-state index in [2.05, 4.69) is 18.7 Å². The van der Waals surface area contributed by atoms with Crippen molar-refractivity contribution in [3.63, 3.8) is 0 Å². The number of carboxylic acids is 1. The Morgan fingerprint density at radius 3 is 2.37 bits per heavy atom. The highest BCUT2D eigenvalue weighted by Crippen LogP contribution is 2.40. The van der Waals surface area contributed by atoms with Gasteiger partial charge in [-0.2, -0.15) is 0 Å². The fourth-order valence-electron chi connectivity index (χ4n) is 5.64. The van der Waals surface area contributed by atoms with Crippen LogP contribution in [0.25, 0.3) is 28.0 Å². The number of benzene rings is 2. The van der Waals surface area contributed by atoms with Gasteiger partial charge in [-0.05, 0) is 87.8 Å². The molecular formula is C34H40FN3O3. The summed E-state index contributed by atoms with van der Waals surface area (Å²) in [6, 6.07) is 14.9. The smallest absolute Gasteiger partial charge is 0.337 e. The van der Waals surface area contributed by atoms with E-state index in [0.717, 1.165) is 65.3 Å². The van der Waals surface area contributed by atoms with Gasteiger partial charge in [0.25, 0.3) is 0 Å². The third kappa shape index (κ3) is 6.01. The third-order valence-electron chi connectivity index (χ3n) is 7.94. The van der Waals surface area contributed by atoms with Gasteiger partial charge in [-0.3, -0.25) is 4.40 Å². The van der Waals surface area contributed by atoms with E-state index < -0.39 is 17.7 Å². The summed E-state index contributed by atoms with van der Waals surface area (Å²) in [6.07, 6.45) is 2.81. The molecule has 0 spiro atoms. The van der Waals surface area contributed by atoms with Crippen LogP contribution in [-0.4, -0.2) is 39.2 Å². The Kier molecular flexibility index (Phi) is 7.45. The van der Waals surface area contributed by atoms with E-state index in [-0.39, 0.29) is 11.2 Å². The molecule has 2 aromatic carbocycles. The van der Waals surface area contributed by atoms with E-state index >= 15 is 0 Å². The number of carboxylic acid groups (broad SMARTS) is 1. The summed E-state index contributed by atoms with van der Waals surface area (Å²) >= 11 is 0. The third-order valence-corrected chi connectivity index (χ3v) is 7.94. The molecule has 1 aliphatic rings. The number of nitrogens with zero attached hydrogens (tertiary/aromatic N) is 3. The second kappa shape index (κ2) is 10.6. The van der Waals surface area contributed by atoms with Gasteiger partial charge in [0.15, 0.2) is 6.10 Å². The van der Waals surface area contributed by atoms with Crippen LogP contribution >= 0.6 is 0 Å². The summed E-state index contributed by atoms with van der Waals surface area (Å²) in [5.74, 6) is -0.466. The number of rotatable bonds is 6. The standard InChI is InChI=1S/C34H40FN3O3/c1-21-11-12-25(26(35)17-21)23-9-8-10-24(19-23)27-20-38-28(36-27)18-22(2)29(30(32(39)40)41-33(3,4)5)31(38)37-15-13-34(6,7)14-16-37/h8-12,17-20,30H,13-16H2,1-7H3,(H,39,40)/t30-/m0/s1. The molecule has 0 radical (unpaired) electrons. The first-order valence-corrected chi connectivity index (χ1v) is 14.3. The molecule has 0 amide bonds. The van der Waals surface area contributed by atoms with Crippen molar-refractivity contribution in [3.05, 3.63) is 77.2 Å². The highest BCUT2D eigenvalue weighted by Gasteiger charge is 2.35. The molecule has 216 valence electrons. The Bertz CT molecular complexity index is 1610. The fraction of sp³-hybridized carbons (Fsp3) is 0.412. The van der Waals surface area contributed by atoms with Crippen molar-refractivity contribution in [3.8, 4) is 22.4 Å². The normalized spacial score (nSPS) is 16.2. The number of piperidine rings is 1. The van der Waals surface area contributed by atoms with Gasteiger partial charge in [-0.1, -0.05) is 44.2 Å². The van der Waals surface area contributed by atoms with Crippen LogP contribution in [0, 0.1) is 25.1 Å². The molecule has 4 aromatic rings. The number of carbonyl (C=O) groups is 1. The first-order valence-electron chi connectivity index (χ1n) is 14.3. The summed E-state index contributed by atoms with van der Waals surface area (Å²) in [4.78, 5) is 19.9. The topological polar surface area (TPSA) is 67.1 Å². The molecule has 1 fully saturated rings. The molecule has 1 aliphatic heterocycles. The zero-order chi connectivity index (χ0) is 29.7. The predicted octanol–water partition coefficient (Wildman–Crippen LogP) is 7.99. The van der Waals surface area contributed by atoms with Gasteiger partial charge in [0.05, 0.1) is 11.3 Å². The number of ether oxygens (including phenoxy) is 1. The van der Waals surface area contributed by atoms with Crippen LogP contribution < -0.4 is 4.90 Å². The lowest BCUT2D eigenvalue weighted by Crippen LogP contribution is -2.40. The number of imidazole rings is 1. The molecule has 3 heterocycles. The average molecular weight is 558 g/mol. The minimum atomic E-state index is -1.14. The summed E-state index contributed by atoms with van der Waals surface area (Å²) in [5.41, 5.74) is 5.55. The summed E-state index contributed by atoms with van der Waals surface area (Å²) in [6.45, 7) is 15.6. The van der Waals surface area contributed by atoms with Crippen molar-refractivity contribution in [2.75, 3.05) is 18.0 Å². The van der Waals surface area contributed by atoms with Crippen LogP contribution in [0.1, 0.15) is 70.3 Å². The maximum Gasteiger partial charge on any atom is 0.337 e. The Hall–Kier alpha value is -3.71. The van der Waals surface area contributed by atoms with E-state index in [1.54, 1.807) is 12.1 Å². The minimum Gasteiger partial charge on any atom is -0.479 e. The molecule has 0 aliphatic carbocycles. The van der Waals surface area contributed by atoms with Crippen LogP contribution in [0.5, 0.6) is 0 Å². The molecule has 5 rings (SSSR count). The second-order valence-electron chi connectivity index (χ2n) is 13.1. The van der Waals surface area contributed by atoms with Crippen LogP contribution in [0.15, 0.2) is 54.7 Å². The Labute approximate surface area is 241 Å². The van der Waals surface area contributed by atoms with Crippen molar-refractivity contribution < 1.29 is 19.0 Å². The first kappa shape index (κ1) is 28.8.